The average Bonchev–Trinajstić information content (AvgIpc) is 4.33. The Morgan fingerprint density at radius 3 is 1.51 bits per heavy atom. The Bertz CT molecular complexity index is 3280. The van der Waals surface area contributed by atoms with E-state index in [0.717, 1.165) is 68.1 Å². The van der Waals surface area contributed by atoms with Gasteiger partial charge in [0.05, 0.1) is 54.7 Å². The van der Waals surface area contributed by atoms with Crippen LogP contribution in [0.1, 0.15) is 17.0 Å². The molecule has 11 rings (SSSR count). The normalized spacial score (nSPS) is 9.73. The van der Waals surface area contributed by atoms with Crippen LogP contribution in [0.15, 0.2) is 163 Å². The molecule has 0 spiro atoms. The van der Waals surface area contributed by atoms with E-state index in [2.05, 4.69) is 70.0 Å². The predicted octanol–water partition coefficient (Wildman–Crippen LogP) is 8.70. The van der Waals surface area contributed by atoms with Gasteiger partial charge in [0, 0.05) is 184 Å². The molecule has 11 aromatic rings. The number of hydrogen-bond donors (Lipinski definition) is 2. The van der Waals surface area contributed by atoms with Crippen molar-refractivity contribution < 1.29 is 124 Å². The van der Waals surface area contributed by atoms with Gasteiger partial charge in [-0.15, -0.1) is 166 Å². The molecule has 0 atom stereocenters. The van der Waals surface area contributed by atoms with Crippen molar-refractivity contribution in [3.63, 3.8) is 0 Å². The van der Waals surface area contributed by atoms with Gasteiger partial charge in [-0.3, -0.25) is 29.5 Å². The molecule has 0 saturated carbocycles. The molecule has 411 valence electrons. The molecule has 22 heteroatoms. The summed E-state index contributed by atoms with van der Waals surface area (Å²) in [6, 6.07) is 49.8. The summed E-state index contributed by atoms with van der Waals surface area (Å²) >= 11 is 0. The van der Waals surface area contributed by atoms with Gasteiger partial charge in [-0.2, -0.15) is 4.39 Å². The molecule has 77 heavy (non-hydrogen) atoms. The third-order valence-electron chi connectivity index (χ3n) is 10.8. The smallest absolute Gasteiger partial charge is 0.319 e. The molecule has 2 N–H and O–H groups in total. The van der Waals surface area contributed by atoms with Gasteiger partial charge >= 0.3 is 6.01 Å². The number of rotatable bonds is 9. The summed E-state index contributed by atoms with van der Waals surface area (Å²) in [5.41, 5.74) is 7.18. The third-order valence-corrected chi connectivity index (χ3v) is 10.8. The summed E-state index contributed by atoms with van der Waals surface area (Å²) in [4.78, 5) is 21.0. The first-order valence-electron chi connectivity index (χ1n) is 22.2. The van der Waals surface area contributed by atoms with Crippen molar-refractivity contribution in [3.05, 3.63) is 212 Å². The summed E-state index contributed by atoms with van der Waals surface area (Å²) < 4.78 is 32.1. The van der Waals surface area contributed by atoms with Crippen LogP contribution in [0, 0.1) is 43.2 Å². The topological polar surface area (TPSA) is 178 Å². The number of aryl methyl sites for hydroxylation is 2. The van der Waals surface area contributed by atoms with Crippen molar-refractivity contribution in [1.29, 1.82) is 0 Å². The maximum Gasteiger partial charge on any atom is 0.319 e. The molecule has 6 aromatic heterocycles. The standard InChI is InChI=1S/C12H13N2O2.C11H7N4O.C11H11N2O.C11H11N2.C10H8FN2.5Ir/c1-14-6-5-13-12(14)11-4-3-10(16-2)7-9(11)8-15;1-2-4-9(5-3-1)10-12-6-7-15(10)11-14-13-8-16-11;1-13-10(8-14)7-12-11(13)9-5-3-2-4-6-9;1-9-8-12-11(13(9)2)10-6-4-3-5-7-10;1-13-9(11)7-12-10(13)8-5-3-2-4-6-8;;;;;/h3,5-7,15H,8H2,1-2H3;1-4,6-8H;2-5,7,14H,8H2,1H3;3-6,8H,1-2H3;2-5,7H,1H3;;;;;/q5*-1;;;;;. The van der Waals surface area contributed by atoms with Crippen LogP contribution in [0.5, 0.6) is 5.75 Å². The monoisotopic (exact) mass is 1930 g/mol. The molecule has 0 unspecified atom stereocenters. The van der Waals surface area contributed by atoms with Gasteiger partial charge in [0.2, 0.25) is 12.3 Å². The van der Waals surface area contributed by atoms with Crippen LogP contribution in [0.3, 0.4) is 0 Å². The number of halogens is 1. The Labute approximate surface area is 514 Å². The molecule has 5 radical (unpaired) electrons. The fourth-order valence-electron chi connectivity index (χ4n) is 6.86. The van der Waals surface area contributed by atoms with Crippen LogP contribution in [0.2, 0.25) is 0 Å². The Balaban J connectivity index is 0.000000325. The minimum Gasteiger partial charge on any atom is -0.540 e. The molecule has 6 heterocycles. The Morgan fingerprint density at radius 1 is 0.584 bits per heavy atom. The quantitative estimate of drug-likeness (QED) is 0.132. The van der Waals surface area contributed by atoms with E-state index in [-0.39, 0.29) is 120 Å². The van der Waals surface area contributed by atoms with Gasteiger partial charge < -0.3 is 37.6 Å². The van der Waals surface area contributed by atoms with Crippen LogP contribution >= 0.6 is 0 Å². The number of nitrogens with zero attached hydrogens (tertiary/aromatic N) is 12. The maximum atomic E-state index is 12.9. The van der Waals surface area contributed by atoms with Crippen LogP contribution < -0.4 is 4.74 Å². The van der Waals surface area contributed by atoms with Crippen LogP contribution in [-0.4, -0.2) is 75.3 Å². The third kappa shape index (κ3) is 17.9. The fraction of sp³-hybridized carbons (Fsp3) is 0.145. The Kier molecular flexibility index (Phi) is 29.8. The van der Waals surface area contributed by atoms with Crippen LogP contribution in [-0.2, 0) is 142 Å². The molecule has 16 nitrogen and oxygen atoms in total. The number of ether oxygens (including phenoxy) is 1. The van der Waals surface area contributed by atoms with Crippen molar-refractivity contribution in [1.82, 2.24) is 58.0 Å². The second-order valence-electron chi connectivity index (χ2n) is 15.4. The van der Waals surface area contributed by atoms with E-state index in [1.165, 1.54) is 17.2 Å². The van der Waals surface area contributed by atoms with E-state index < -0.39 is 0 Å². The van der Waals surface area contributed by atoms with E-state index in [4.69, 9.17) is 14.3 Å². The van der Waals surface area contributed by atoms with E-state index in [0.29, 0.717) is 17.6 Å². The molecular formula is C55H50FIr5N12O4-5. The van der Waals surface area contributed by atoms with Gasteiger partial charge in [0.1, 0.15) is 0 Å². The van der Waals surface area contributed by atoms with Crippen molar-refractivity contribution in [3.8, 4) is 68.7 Å². The van der Waals surface area contributed by atoms with E-state index in [9.17, 15) is 9.50 Å². The van der Waals surface area contributed by atoms with Gasteiger partial charge in [0.25, 0.3) is 0 Å². The molecule has 0 fully saturated rings. The fourth-order valence-corrected chi connectivity index (χ4v) is 6.86. The van der Waals surface area contributed by atoms with Gasteiger partial charge in [-0.25, -0.2) is 0 Å². The predicted molar refractivity (Wildman–Crippen MR) is 269 cm³/mol. The summed E-state index contributed by atoms with van der Waals surface area (Å²) in [7, 11) is 9.03. The number of aromatic nitrogens is 12. The zero-order valence-electron chi connectivity index (χ0n) is 42.0. The largest absolute Gasteiger partial charge is 0.540 e. The first kappa shape index (κ1) is 67.3. The number of hydrogen-bond acceptors (Lipinski definition) is 11. The van der Waals surface area contributed by atoms with Gasteiger partial charge in [-0.1, -0.05) is 16.7 Å². The Morgan fingerprint density at radius 2 is 1.09 bits per heavy atom. The van der Waals surface area contributed by atoms with Crippen molar-refractivity contribution in [2.75, 3.05) is 7.11 Å². The molecular weight excluding hydrogens is 1870 g/mol. The number of methoxy groups -OCH3 is 1. The first-order valence-corrected chi connectivity index (χ1v) is 22.2. The SMILES string of the molecule is COc1c[c-]c(-c2nccn2C)c(CO)c1.Cc1cnc(-c2[c-]cccc2)n1C.Cn1c(CO)cnc1-c1[c-]cccc1.Cn1c(F)cnc1-c1[c-]cccc1.[Ir].[Ir].[Ir].[Ir].[Ir].[c-]1ccccc1-c1nccn1-c1nnco1. The molecule has 0 aliphatic carbocycles. The summed E-state index contributed by atoms with van der Waals surface area (Å²) in [5, 5.41) is 25.8. The maximum absolute atomic E-state index is 12.9. The average molecular weight is 1920 g/mol. The molecule has 5 aromatic carbocycles. The van der Waals surface area contributed by atoms with Crippen molar-refractivity contribution in [2.45, 2.75) is 20.1 Å². The minimum absolute atomic E-state index is 0. The summed E-state index contributed by atoms with van der Waals surface area (Å²) in [5.74, 6) is 4.25. The van der Waals surface area contributed by atoms with Gasteiger partial charge in [0.15, 0.2) is 0 Å². The Hall–Kier alpha value is -5.81. The van der Waals surface area contributed by atoms with E-state index in [1.54, 1.807) is 61.7 Å². The summed E-state index contributed by atoms with van der Waals surface area (Å²) in [6.07, 6.45) is 13.1. The molecule has 0 aliphatic heterocycles. The van der Waals surface area contributed by atoms with Crippen LogP contribution in [0.4, 0.5) is 4.39 Å². The molecule has 0 aliphatic rings. The first-order chi connectivity index (χ1) is 35.1. The number of benzene rings is 5. The van der Waals surface area contributed by atoms with E-state index >= 15 is 0 Å². The second-order valence-corrected chi connectivity index (χ2v) is 15.4. The van der Waals surface area contributed by atoms with E-state index in [1.807, 2.05) is 141 Å². The number of imidazole rings is 5. The summed E-state index contributed by atoms with van der Waals surface area (Å²) in [6.45, 7) is 1.99. The zero-order chi connectivity index (χ0) is 50.8. The zero-order valence-corrected chi connectivity index (χ0v) is 54.0. The molecule has 0 amide bonds. The minimum atomic E-state index is -0.341. The molecule has 0 bridgehead atoms. The van der Waals surface area contributed by atoms with Crippen LogP contribution in [0.25, 0.3) is 63.0 Å². The number of aliphatic hydroxyl groups is 2. The van der Waals surface area contributed by atoms with Crippen molar-refractivity contribution >= 4 is 0 Å². The molecule has 0 saturated heterocycles. The van der Waals surface area contributed by atoms with Crippen molar-refractivity contribution in [2.24, 2.45) is 28.2 Å². The number of aliphatic hydroxyl groups excluding tert-OH is 2. The second kappa shape index (κ2) is 34.2. The van der Waals surface area contributed by atoms with Gasteiger partial charge in [-0.05, 0) is 6.92 Å².